The number of nitrogens with zero attached hydrogens (tertiary/aromatic N) is 1. The van der Waals surface area contributed by atoms with E-state index >= 15 is 0 Å². The molecule has 0 atom stereocenters. The molecule has 1 N–H and O–H groups in total. The molecule has 1 aliphatic heterocycles. The van der Waals surface area contributed by atoms with E-state index in [1.165, 1.54) is 0 Å². The molecule has 0 unspecified atom stereocenters. The van der Waals surface area contributed by atoms with Gasteiger partial charge in [-0.3, -0.25) is 4.79 Å². The molecule has 1 aromatic heterocycles. The zero-order valence-corrected chi connectivity index (χ0v) is 12.2. The Morgan fingerprint density at radius 1 is 1.09 bits per heavy atom. The lowest BCUT2D eigenvalue weighted by molar-refractivity contribution is -0.115. The van der Waals surface area contributed by atoms with Gasteiger partial charge in [0.25, 0.3) is 0 Å². The number of anilines is 1. The minimum absolute atomic E-state index is 0.144. The van der Waals surface area contributed by atoms with Crippen LogP contribution in [0, 0.1) is 0 Å². The molecule has 3 aromatic rings. The lowest BCUT2D eigenvalue weighted by Gasteiger charge is -2.18. The molecule has 6 heteroatoms. The number of hydrogen-bond donors (Lipinski definition) is 1. The van der Waals surface area contributed by atoms with Crippen LogP contribution in [0.5, 0.6) is 11.5 Å². The van der Waals surface area contributed by atoms with Crippen molar-refractivity contribution < 1.29 is 18.8 Å². The average Bonchev–Trinajstić information content (AvgIpc) is 2.98. The second-order valence-electron chi connectivity index (χ2n) is 5.21. The first kappa shape index (κ1) is 13.6. The molecule has 4 rings (SSSR count). The third kappa shape index (κ3) is 2.70. The molecule has 23 heavy (non-hydrogen) atoms. The molecular weight excluding hydrogens is 296 g/mol. The van der Waals surface area contributed by atoms with Gasteiger partial charge in [0.2, 0.25) is 5.91 Å². The Morgan fingerprint density at radius 2 is 1.91 bits per heavy atom. The van der Waals surface area contributed by atoms with Crippen LogP contribution in [0.3, 0.4) is 0 Å². The summed E-state index contributed by atoms with van der Waals surface area (Å²) in [5.41, 5.74) is 1.96. The lowest BCUT2D eigenvalue weighted by atomic mass is 10.1. The first-order valence-electron chi connectivity index (χ1n) is 7.32. The molecule has 1 amide bonds. The van der Waals surface area contributed by atoms with E-state index in [9.17, 15) is 4.79 Å². The van der Waals surface area contributed by atoms with Crippen LogP contribution in [-0.4, -0.2) is 24.3 Å². The molecule has 0 radical (unpaired) electrons. The number of benzene rings is 2. The largest absolute Gasteiger partial charge is 0.486 e. The van der Waals surface area contributed by atoms with Crippen LogP contribution in [0.4, 0.5) is 5.69 Å². The Bertz CT molecular complexity index is 872. The summed E-state index contributed by atoms with van der Waals surface area (Å²) in [5.74, 6) is 1.17. The average molecular weight is 310 g/mol. The van der Waals surface area contributed by atoms with Crippen LogP contribution in [0.1, 0.15) is 5.69 Å². The molecule has 0 aliphatic carbocycles. The summed E-state index contributed by atoms with van der Waals surface area (Å²) in [6, 6.07) is 12.8. The van der Waals surface area contributed by atoms with Crippen LogP contribution >= 0.6 is 0 Å². The number of nitrogens with one attached hydrogen (secondary N) is 1. The fourth-order valence-corrected chi connectivity index (χ4v) is 2.54. The topological polar surface area (TPSA) is 73.6 Å². The van der Waals surface area contributed by atoms with Crippen molar-refractivity contribution in [3.63, 3.8) is 0 Å². The SMILES string of the molecule is O=C(Cc1noc2ccccc12)Nc1ccc2c(c1)OCCO2. The predicted octanol–water partition coefficient (Wildman–Crippen LogP) is 2.78. The Kier molecular flexibility index (Phi) is 3.34. The Labute approximate surface area is 132 Å². The highest BCUT2D eigenvalue weighted by Crippen LogP contribution is 2.32. The number of aromatic nitrogens is 1. The van der Waals surface area contributed by atoms with Crippen molar-refractivity contribution >= 4 is 22.6 Å². The molecule has 0 saturated carbocycles. The molecule has 2 aromatic carbocycles. The summed E-state index contributed by atoms with van der Waals surface area (Å²) in [4.78, 5) is 12.2. The van der Waals surface area contributed by atoms with Gasteiger partial charge in [0.05, 0.1) is 6.42 Å². The van der Waals surface area contributed by atoms with E-state index in [0.717, 1.165) is 5.39 Å². The fourth-order valence-electron chi connectivity index (χ4n) is 2.54. The Morgan fingerprint density at radius 3 is 2.83 bits per heavy atom. The highest BCUT2D eigenvalue weighted by molar-refractivity contribution is 5.94. The summed E-state index contributed by atoms with van der Waals surface area (Å²) in [5, 5.41) is 7.66. The smallest absolute Gasteiger partial charge is 0.230 e. The maximum absolute atomic E-state index is 12.2. The maximum Gasteiger partial charge on any atom is 0.230 e. The van der Waals surface area contributed by atoms with E-state index in [1.807, 2.05) is 24.3 Å². The van der Waals surface area contributed by atoms with Gasteiger partial charge in [0.1, 0.15) is 18.9 Å². The molecular formula is C17H14N2O4. The number of carbonyl (C=O) groups is 1. The van der Waals surface area contributed by atoms with Gasteiger partial charge in [-0.05, 0) is 24.3 Å². The highest BCUT2D eigenvalue weighted by Gasteiger charge is 2.15. The summed E-state index contributed by atoms with van der Waals surface area (Å²) < 4.78 is 16.2. The number of hydrogen-bond acceptors (Lipinski definition) is 5. The number of amides is 1. The van der Waals surface area contributed by atoms with Gasteiger partial charge < -0.3 is 19.3 Å². The van der Waals surface area contributed by atoms with Gasteiger partial charge in [-0.1, -0.05) is 17.3 Å². The van der Waals surface area contributed by atoms with Crippen molar-refractivity contribution in [2.75, 3.05) is 18.5 Å². The molecule has 0 saturated heterocycles. The van der Waals surface area contributed by atoms with Crippen molar-refractivity contribution in [2.24, 2.45) is 0 Å². The third-order valence-electron chi connectivity index (χ3n) is 3.61. The van der Waals surface area contributed by atoms with Crippen LogP contribution in [0.2, 0.25) is 0 Å². The van der Waals surface area contributed by atoms with E-state index in [0.29, 0.717) is 41.7 Å². The normalized spacial score (nSPS) is 13.0. The van der Waals surface area contributed by atoms with Gasteiger partial charge in [-0.2, -0.15) is 0 Å². The van der Waals surface area contributed by atoms with Crippen LogP contribution in [-0.2, 0) is 11.2 Å². The maximum atomic E-state index is 12.2. The first-order valence-corrected chi connectivity index (χ1v) is 7.32. The van der Waals surface area contributed by atoms with Gasteiger partial charge in [-0.15, -0.1) is 0 Å². The van der Waals surface area contributed by atoms with Crippen LogP contribution in [0.25, 0.3) is 11.0 Å². The molecule has 6 nitrogen and oxygen atoms in total. The molecule has 0 spiro atoms. The van der Waals surface area contributed by atoms with Crippen molar-refractivity contribution in [3.8, 4) is 11.5 Å². The van der Waals surface area contributed by atoms with Crippen molar-refractivity contribution in [1.82, 2.24) is 5.16 Å². The number of carbonyl (C=O) groups excluding carboxylic acids is 1. The summed E-state index contributed by atoms with van der Waals surface area (Å²) in [7, 11) is 0. The first-order chi connectivity index (χ1) is 11.3. The quantitative estimate of drug-likeness (QED) is 0.805. The minimum Gasteiger partial charge on any atom is -0.486 e. The van der Waals surface area contributed by atoms with E-state index < -0.39 is 0 Å². The van der Waals surface area contributed by atoms with Gasteiger partial charge in [-0.25, -0.2) is 0 Å². The Hall–Kier alpha value is -3.02. The predicted molar refractivity (Wildman–Crippen MR) is 83.8 cm³/mol. The second-order valence-corrected chi connectivity index (χ2v) is 5.21. The van der Waals surface area contributed by atoms with Crippen LogP contribution in [0.15, 0.2) is 47.0 Å². The number of fused-ring (bicyclic) bond motifs is 2. The number of para-hydroxylation sites is 1. The van der Waals surface area contributed by atoms with Gasteiger partial charge >= 0.3 is 0 Å². The fraction of sp³-hybridized carbons (Fsp3) is 0.176. The standard InChI is InChI=1S/C17H14N2O4/c20-17(10-13-12-3-1-2-4-14(12)23-19-13)18-11-5-6-15-16(9-11)22-8-7-21-15/h1-6,9H,7-8,10H2,(H,18,20). The van der Waals surface area contributed by atoms with E-state index in [-0.39, 0.29) is 12.3 Å². The molecule has 0 fully saturated rings. The zero-order valence-electron chi connectivity index (χ0n) is 12.2. The number of rotatable bonds is 3. The minimum atomic E-state index is -0.166. The Balaban J connectivity index is 1.50. The van der Waals surface area contributed by atoms with Gasteiger partial charge in [0, 0.05) is 17.1 Å². The van der Waals surface area contributed by atoms with E-state index in [2.05, 4.69) is 10.5 Å². The highest BCUT2D eigenvalue weighted by atomic mass is 16.6. The summed E-state index contributed by atoms with van der Waals surface area (Å²) in [6.45, 7) is 1.05. The third-order valence-corrected chi connectivity index (χ3v) is 3.61. The monoisotopic (exact) mass is 310 g/mol. The molecule has 1 aliphatic rings. The second kappa shape index (κ2) is 5.64. The van der Waals surface area contributed by atoms with E-state index in [1.54, 1.807) is 18.2 Å². The molecule has 2 heterocycles. The summed E-state index contributed by atoms with van der Waals surface area (Å²) >= 11 is 0. The van der Waals surface area contributed by atoms with Gasteiger partial charge in [0.15, 0.2) is 17.1 Å². The lowest BCUT2D eigenvalue weighted by Crippen LogP contribution is -2.17. The summed E-state index contributed by atoms with van der Waals surface area (Å²) in [6.07, 6.45) is 0.144. The molecule has 0 bridgehead atoms. The van der Waals surface area contributed by atoms with E-state index in [4.69, 9.17) is 14.0 Å². The van der Waals surface area contributed by atoms with Crippen molar-refractivity contribution in [1.29, 1.82) is 0 Å². The van der Waals surface area contributed by atoms with Crippen LogP contribution < -0.4 is 14.8 Å². The molecule has 116 valence electrons. The van der Waals surface area contributed by atoms with Crippen molar-refractivity contribution in [3.05, 3.63) is 48.2 Å². The zero-order chi connectivity index (χ0) is 15.6. The van der Waals surface area contributed by atoms with Crippen molar-refractivity contribution in [2.45, 2.75) is 6.42 Å². The number of ether oxygens (including phenoxy) is 2.